The summed E-state index contributed by atoms with van der Waals surface area (Å²) >= 11 is 0. The zero-order valence-corrected chi connectivity index (χ0v) is 13.1. The second kappa shape index (κ2) is 4.68. The molecular weight excluding hydrogens is 293 g/mol. The Bertz CT molecular complexity index is 913. The van der Waals surface area contributed by atoms with Crippen LogP contribution >= 0.6 is 0 Å². The van der Waals surface area contributed by atoms with E-state index in [9.17, 15) is 4.39 Å². The third-order valence-electron chi connectivity index (χ3n) is 4.69. The van der Waals surface area contributed by atoms with Gasteiger partial charge in [0.15, 0.2) is 23.1 Å². The third kappa shape index (κ3) is 2.13. The van der Waals surface area contributed by atoms with Gasteiger partial charge >= 0.3 is 0 Å². The third-order valence-corrected chi connectivity index (χ3v) is 4.69. The lowest BCUT2D eigenvalue weighted by Gasteiger charge is -2.19. The van der Waals surface area contributed by atoms with Crippen LogP contribution in [0.2, 0.25) is 0 Å². The molecule has 4 N–H and O–H groups in total. The zero-order chi connectivity index (χ0) is 16.2. The average Bonchev–Trinajstić information content (AvgIpc) is 3.02. The minimum atomic E-state index is -0.444. The number of anilines is 3. The summed E-state index contributed by atoms with van der Waals surface area (Å²) in [5.74, 6) is -0.0139. The van der Waals surface area contributed by atoms with Gasteiger partial charge in [-0.1, -0.05) is 26.0 Å². The summed E-state index contributed by atoms with van der Waals surface area (Å²) in [6.45, 7) is 4.47. The molecule has 0 saturated carbocycles. The number of hydrogen-bond donors (Lipinski definition) is 3. The van der Waals surface area contributed by atoms with Crippen molar-refractivity contribution in [2.75, 3.05) is 11.1 Å². The molecule has 0 unspecified atom stereocenters. The monoisotopic (exact) mass is 311 g/mol. The molecule has 0 atom stereocenters. The van der Waals surface area contributed by atoms with E-state index >= 15 is 0 Å². The normalized spacial score (nSPS) is 15.8. The van der Waals surface area contributed by atoms with Gasteiger partial charge < -0.3 is 11.1 Å². The van der Waals surface area contributed by atoms with Gasteiger partial charge in [-0.15, -0.1) is 0 Å². The van der Waals surface area contributed by atoms with E-state index in [4.69, 9.17) is 5.73 Å². The molecule has 0 radical (unpaired) electrons. The molecule has 118 valence electrons. The first-order chi connectivity index (χ1) is 11.0. The Hall–Kier alpha value is -2.63. The van der Waals surface area contributed by atoms with Crippen LogP contribution in [-0.2, 0) is 11.8 Å². The first kappa shape index (κ1) is 14.0. The maximum absolute atomic E-state index is 14.3. The summed E-state index contributed by atoms with van der Waals surface area (Å²) < 4.78 is 14.3. The molecule has 1 aromatic carbocycles. The van der Waals surface area contributed by atoms with Crippen LogP contribution < -0.4 is 11.1 Å². The smallest absolute Gasteiger partial charge is 0.169 e. The number of H-pyrrole nitrogens is 1. The fourth-order valence-electron chi connectivity index (χ4n) is 3.34. The van der Waals surface area contributed by atoms with Crippen molar-refractivity contribution >= 4 is 28.4 Å². The number of rotatable bonds is 2. The van der Waals surface area contributed by atoms with E-state index in [1.807, 2.05) is 12.1 Å². The molecule has 2 aromatic heterocycles. The summed E-state index contributed by atoms with van der Waals surface area (Å²) in [5.41, 5.74) is 9.77. The highest BCUT2D eigenvalue weighted by atomic mass is 19.1. The zero-order valence-electron chi connectivity index (χ0n) is 13.1. The maximum atomic E-state index is 14.3. The molecule has 0 spiro atoms. The van der Waals surface area contributed by atoms with Crippen LogP contribution in [0.1, 0.15) is 31.4 Å². The summed E-state index contributed by atoms with van der Waals surface area (Å²) in [4.78, 5) is 4.27. The van der Waals surface area contributed by atoms with Crippen LogP contribution in [0.4, 0.5) is 21.7 Å². The van der Waals surface area contributed by atoms with Gasteiger partial charge in [0.05, 0.1) is 5.39 Å². The minimum absolute atomic E-state index is 0.154. The Labute approximate surface area is 133 Å². The van der Waals surface area contributed by atoms with Gasteiger partial charge in [0.2, 0.25) is 0 Å². The lowest BCUT2D eigenvalue weighted by Crippen LogP contribution is -2.11. The predicted octanol–water partition coefficient (Wildman–Crippen LogP) is 3.65. The number of pyridine rings is 1. The number of nitrogens with one attached hydrogen (secondary N) is 2. The second-order valence-electron chi connectivity index (χ2n) is 6.66. The van der Waals surface area contributed by atoms with E-state index in [-0.39, 0.29) is 17.1 Å². The van der Waals surface area contributed by atoms with Gasteiger partial charge in [0, 0.05) is 5.69 Å². The van der Waals surface area contributed by atoms with Crippen LogP contribution in [0.25, 0.3) is 11.0 Å². The Balaban J connectivity index is 1.78. The maximum Gasteiger partial charge on any atom is 0.169 e. The molecular formula is C17H18FN5. The van der Waals surface area contributed by atoms with Gasteiger partial charge in [-0.25, -0.2) is 9.37 Å². The topological polar surface area (TPSA) is 79.6 Å². The lowest BCUT2D eigenvalue weighted by atomic mass is 9.86. The molecule has 3 aromatic rings. The molecule has 0 amide bonds. The summed E-state index contributed by atoms with van der Waals surface area (Å²) in [5, 5.41) is 10.2. The lowest BCUT2D eigenvalue weighted by molar-refractivity contribution is 0.522. The number of hydrogen-bond acceptors (Lipinski definition) is 4. The van der Waals surface area contributed by atoms with Gasteiger partial charge in [-0.2, -0.15) is 5.10 Å². The van der Waals surface area contributed by atoms with E-state index in [2.05, 4.69) is 40.4 Å². The van der Waals surface area contributed by atoms with Crippen molar-refractivity contribution in [3.8, 4) is 0 Å². The van der Waals surface area contributed by atoms with Gasteiger partial charge in [-0.05, 0) is 41.5 Å². The molecule has 0 saturated heterocycles. The van der Waals surface area contributed by atoms with Crippen LogP contribution in [0.5, 0.6) is 0 Å². The highest BCUT2D eigenvalue weighted by molar-refractivity contribution is 5.87. The largest absolute Gasteiger partial charge is 0.382 e. The average molecular weight is 311 g/mol. The molecule has 0 fully saturated rings. The molecule has 4 rings (SSSR count). The van der Waals surface area contributed by atoms with Crippen molar-refractivity contribution in [2.45, 2.75) is 32.1 Å². The quantitative estimate of drug-likeness (QED) is 0.675. The van der Waals surface area contributed by atoms with Crippen LogP contribution in [0.3, 0.4) is 0 Å². The Morgan fingerprint density at radius 2 is 2.17 bits per heavy atom. The van der Waals surface area contributed by atoms with Crippen molar-refractivity contribution in [2.24, 2.45) is 0 Å². The number of nitrogens with zero attached hydrogens (tertiary/aromatic N) is 2. The Morgan fingerprint density at radius 1 is 1.35 bits per heavy atom. The Kier molecular flexibility index (Phi) is 2.85. The summed E-state index contributed by atoms with van der Waals surface area (Å²) in [7, 11) is 0. The number of aromatic nitrogens is 3. The predicted molar refractivity (Wildman–Crippen MR) is 89.3 cm³/mol. The van der Waals surface area contributed by atoms with E-state index in [1.165, 1.54) is 17.2 Å². The van der Waals surface area contributed by atoms with Gasteiger partial charge in [0.25, 0.3) is 0 Å². The SMILES string of the molecule is CC1(C)CCc2c(Nc3nc4[nH]nc(N)c4cc3F)cccc21. The molecule has 2 heterocycles. The fourth-order valence-corrected chi connectivity index (χ4v) is 3.34. The van der Waals surface area contributed by atoms with E-state index in [0.717, 1.165) is 18.5 Å². The Morgan fingerprint density at radius 3 is 3.00 bits per heavy atom. The van der Waals surface area contributed by atoms with Crippen molar-refractivity contribution in [3.63, 3.8) is 0 Å². The minimum Gasteiger partial charge on any atom is -0.382 e. The fraction of sp³-hybridized carbons (Fsp3) is 0.294. The van der Waals surface area contributed by atoms with Crippen LogP contribution in [0, 0.1) is 5.82 Å². The van der Waals surface area contributed by atoms with E-state index in [1.54, 1.807) is 0 Å². The molecule has 1 aliphatic rings. The van der Waals surface area contributed by atoms with Gasteiger partial charge in [0.1, 0.15) is 0 Å². The number of aromatic amines is 1. The van der Waals surface area contributed by atoms with Crippen molar-refractivity contribution < 1.29 is 4.39 Å². The molecule has 0 aliphatic heterocycles. The van der Waals surface area contributed by atoms with Crippen molar-refractivity contribution in [3.05, 3.63) is 41.2 Å². The molecule has 6 heteroatoms. The van der Waals surface area contributed by atoms with Crippen molar-refractivity contribution in [1.29, 1.82) is 0 Å². The number of fused-ring (bicyclic) bond motifs is 2. The number of halogens is 1. The standard InChI is InChI=1S/C17H18FN5/c1-17(2)7-6-9-11(17)4-3-5-13(9)20-16-12(18)8-10-14(19)22-23-15(10)21-16/h3-5,8H,6-7H2,1-2H3,(H4,19,20,21,22,23). The van der Waals surface area contributed by atoms with Crippen LogP contribution in [-0.4, -0.2) is 15.2 Å². The van der Waals surface area contributed by atoms with E-state index < -0.39 is 5.82 Å². The van der Waals surface area contributed by atoms with Crippen LogP contribution in [0.15, 0.2) is 24.3 Å². The van der Waals surface area contributed by atoms with Gasteiger partial charge in [-0.3, -0.25) is 5.10 Å². The second-order valence-corrected chi connectivity index (χ2v) is 6.66. The van der Waals surface area contributed by atoms with E-state index in [0.29, 0.717) is 11.0 Å². The number of nitrogen functional groups attached to an aromatic ring is 1. The molecule has 5 nitrogen and oxygen atoms in total. The molecule has 23 heavy (non-hydrogen) atoms. The highest BCUT2D eigenvalue weighted by Crippen LogP contribution is 2.42. The first-order valence-corrected chi connectivity index (χ1v) is 7.65. The molecule has 1 aliphatic carbocycles. The summed E-state index contributed by atoms with van der Waals surface area (Å²) in [6.07, 6.45) is 2.07. The summed E-state index contributed by atoms with van der Waals surface area (Å²) in [6, 6.07) is 7.47. The molecule has 0 bridgehead atoms. The number of benzene rings is 1. The highest BCUT2D eigenvalue weighted by Gasteiger charge is 2.31. The number of nitrogens with two attached hydrogens (primary N) is 1. The first-order valence-electron chi connectivity index (χ1n) is 7.65. The van der Waals surface area contributed by atoms with Crippen molar-refractivity contribution in [1.82, 2.24) is 15.2 Å².